The van der Waals surface area contributed by atoms with Crippen molar-refractivity contribution in [1.29, 1.82) is 0 Å². The number of aryl methyl sites for hydroxylation is 2. The molecule has 0 aliphatic heterocycles. The van der Waals surface area contributed by atoms with Gasteiger partial charge in [0.15, 0.2) is 11.5 Å². The van der Waals surface area contributed by atoms with Gasteiger partial charge in [0.05, 0.1) is 24.8 Å². The quantitative estimate of drug-likeness (QED) is 0.286. The average Bonchev–Trinajstić information content (AvgIpc) is 2.95. The van der Waals surface area contributed by atoms with Crippen LogP contribution >= 0.6 is 11.6 Å². The summed E-state index contributed by atoms with van der Waals surface area (Å²) in [5.41, 5.74) is 2.61. The Kier molecular flexibility index (Phi) is 11.2. The second-order valence-electron chi connectivity index (χ2n) is 9.81. The van der Waals surface area contributed by atoms with Gasteiger partial charge in [-0.05, 0) is 74.2 Å². The summed E-state index contributed by atoms with van der Waals surface area (Å²) in [5, 5.41) is 3.22. The number of methoxy groups -OCH3 is 2. The summed E-state index contributed by atoms with van der Waals surface area (Å²) in [5.74, 6) is -0.297. The van der Waals surface area contributed by atoms with Gasteiger partial charge in [-0.2, -0.15) is 0 Å². The van der Waals surface area contributed by atoms with Crippen LogP contribution in [0.25, 0.3) is 0 Å². The molecule has 1 atom stereocenters. The second-order valence-corrected chi connectivity index (χ2v) is 12.1. The standard InChI is InChI=1S/C31H38ClN3O6S/c1-7-27(31(37)33-8-2)34(19-23-11-9-10-12-26(23)32)30(36)20-35(24-16-21(3)15-22(4)17-24)42(38,39)25-13-14-28(40-5)29(18-25)41-6/h9-18,27H,7-8,19-20H2,1-6H3,(H,33,37)/t27-/m0/s1. The van der Waals surface area contributed by atoms with Gasteiger partial charge in [-0.1, -0.05) is 42.8 Å². The van der Waals surface area contributed by atoms with Crippen LogP contribution in [0.5, 0.6) is 11.5 Å². The van der Waals surface area contributed by atoms with Crippen molar-refractivity contribution in [3.05, 3.63) is 82.4 Å². The minimum atomic E-state index is -4.29. The number of rotatable bonds is 13. The highest BCUT2D eigenvalue weighted by Gasteiger charge is 2.34. The van der Waals surface area contributed by atoms with Crippen molar-refractivity contribution in [2.75, 3.05) is 31.6 Å². The summed E-state index contributed by atoms with van der Waals surface area (Å²) in [6.07, 6.45) is 0.313. The van der Waals surface area contributed by atoms with Gasteiger partial charge in [0.25, 0.3) is 10.0 Å². The number of hydrogen-bond acceptors (Lipinski definition) is 6. The molecular formula is C31H38ClN3O6S. The lowest BCUT2D eigenvalue weighted by molar-refractivity contribution is -0.140. The topological polar surface area (TPSA) is 105 Å². The lowest BCUT2D eigenvalue weighted by atomic mass is 10.1. The fourth-order valence-electron chi connectivity index (χ4n) is 4.75. The molecule has 3 rings (SSSR count). The molecule has 2 amide bonds. The fourth-order valence-corrected chi connectivity index (χ4v) is 6.36. The Bertz CT molecular complexity index is 1510. The Morgan fingerprint density at radius 3 is 2.14 bits per heavy atom. The minimum Gasteiger partial charge on any atom is -0.493 e. The predicted octanol–water partition coefficient (Wildman–Crippen LogP) is 5.11. The third-order valence-corrected chi connectivity index (χ3v) is 8.89. The number of amides is 2. The molecule has 0 spiro atoms. The first kappa shape index (κ1) is 32.8. The molecule has 0 bridgehead atoms. The molecule has 42 heavy (non-hydrogen) atoms. The maximum atomic E-state index is 14.2. The molecule has 0 aliphatic rings. The molecule has 0 aliphatic carbocycles. The van der Waals surface area contributed by atoms with Crippen molar-refractivity contribution < 1.29 is 27.5 Å². The summed E-state index contributed by atoms with van der Waals surface area (Å²) in [6, 6.07) is 15.8. The lowest BCUT2D eigenvalue weighted by Crippen LogP contribution is -2.52. The highest BCUT2D eigenvalue weighted by molar-refractivity contribution is 7.92. The summed E-state index contributed by atoms with van der Waals surface area (Å²) >= 11 is 6.44. The van der Waals surface area contributed by atoms with E-state index in [9.17, 15) is 18.0 Å². The highest BCUT2D eigenvalue weighted by Crippen LogP contribution is 2.33. The number of anilines is 1. The van der Waals surface area contributed by atoms with Gasteiger partial charge in [-0.15, -0.1) is 0 Å². The van der Waals surface area contributed by atoms with E-state index >= 15 is 0 Å². The van der Waals surface area contributed by atoms with Gasteiger partial charge in [0.1, 0.15) is 12.6 Å². The predicted molar refractivity (Wildman–Crippen MR) is 165 cm³/mol. The van der Waals surface area contributed by atoms with Gasteiger partial charge in [0, 0.05) is 24.2 Å². The van der Waals surface area contributed by atoms with Crippen LogP contribution in [0.3, 0.4) is 0 Å². The summed E-state index contributed by atoms with van der Waals surface area (Å²) in [6.45, 7) is 7.14. The normalized spacial score (nSPS) is 11.9. The van der Waals surface area contributed by atoms with Gasteiger partial charge >= 0.3 is 0 Å². The van der Waals surface area contributed by atoms with Crippen molar-refractivity contribution in [2.45, 2.75) is 51.6 Å². The van der Waals surface area contributed by atoms with Crippen LogP contribution in [0.1, 0.15) is 37.0 Å². The molecule has 3 aromatic rings. The van der Waals surface area contributed by atoms with E-state index in [4.69, 9.17) is 21.1 Å². The van der Waals surface area contributed by atoms with Crippen LogP contribution in [-0.4, -0.2) is 58.5 Å². The Morgan fingerprint density at radius 2 is 1.57 bits per heavy atom. The zero-order chi connectivity index (χ0) is 31.0. The van der Waals surface area contributed by atoms with E-state index in [2.05, 4.69) is 5.32 Å². The van der Waals surface area contributed by atoms with Gasteiger partial charge in [-0.3, -0.25) is 13.9 Å². The number of ether oxygens (including phenoxy) is 2. The van der Waals surface area contributed by atoms with Gasteiger partial charge < -0.3 is 19.7 Å². The summed E-state index contributed by atoms with van der Waals surface area (Å²) < 4.78 is 40.2. The van der Waals surface area contributed by atoms with E-state index in [0.717, 1.165) is 15.4 Å². The van der Waals surface area contributed by atoms with E-state index in [1.54, 1.807) is 50.2 Å². The minimum absolute atomic E-state index is 0.0191. The fraction of sp³-hybridized carbons (Fsp3) is 0.355. The first-order valence-corrected chi connectivity index (χ1v) is 15.4. The molecule has 0 aromatic heterocycles. The van der Waals surface area contributed by atoms with Crippen molar-refractivity contribution in [3.63, 3.8) is 0 Å². The van der Waals surface area contributed by atoms with E-state index in [1.807, 2.05) is 19.9 Å². The summed E-state index contributed by atoms with van der Waals surface area (Å²) in [4.78, 5) is 28.6. The van der Waals surface area contributed by atoms with E-state index in [1.165, 1.54) is 37.3 Å². The molecule has 0 fully saturated rings. The monoisotopic (exact) mass is 615 g/mol. The molecule has 0 saturated heterocycles. The number of benzene rings is 3. The van der Waals surface area contributed by atoms with Crippen LogP contribution in [0.4, 0.5) is 5.69 Å². The van der Waals surface area contributed by atoms with E-state index in [0.29, 0.717) is 35.0 Å². The largest absolute Gasteiger partial charge is 0.493 e. The molecule has 0 radical (unpaired) electrons. The molecule has 0 heterocycles. The Morgan fingerprint density at radius 1 is 0.929 bits per heavy atom. The summed E-state index contributed by atoms with van der Waals surface area (Å²) in [7, 11) is -1.42. The third-order valence-electron chi connectivity index (χ3n) is 6.75. The van der Waals surface area contributed by atoms with Crippen LogP contribution in [0.2, 0.25) is 5.02 Å². The molecular weight excluding hydrogens is 578 g/mol. The number of hydrogen-bond donors (Lipinski definition) is 1. The molecule has 226 valence electrons. The van der Waals surface area contributed by atoms with Gasteiger partial charge in [-0.25, -0.2) is 8.42 Å². The number of carbonyl (C=O) groups is 2. The van der Waals surface area contributed by atoms with Crippen LogP contribution < -0.4 is 19.1 Å². The molecule has 0 saturated carbocycles. The van der Waals surface area contributed by atoms with Crippen LogP contribution in [0.15, 0.2) is 65.6 Å². The molecule has 0 unspecified atom stereocenters. The smallest absolute Gasteiger partial charge is 0.264 e. The molecule has 11 heteroatoms. The van der Waals surface area contributed by atoms with Crippen molar-refractivity contribution in [2.24, 2.45) is 0 Å². The molecule has 1 N–H and O–H groups in total. The third kappa shape index (κ3) is 7.54. The number of nitrogens with zero attached hydrogens (tertiary/aromatic N) is 2. The number of halogens is 1. The molecule has 9 nitrogen and oxygen atoms in total. The second kappa shape index (κ2) is 14.4. The van der Waals surface area contributed by atoms with E-state index in [-0.39, 0.29) is 23.1 Å². The number of likely N-dealkylation sites (N-methyl/N-ethyl adjacent to an activating group) is 1. The van der Waals surface area contributed by atoms with Crippen LogP contribution in [0, 0.1) is 13.8 Å². The number of carbonyl (C=O) groups excluding carboxylic acids is 2. The SMILES string of the molecule is CCNC(=O)[C@H](CC)N(Cc1ccccc1Cl)C(=O)CN(c1cc(C)cc(C)c1)S(=O)(=O)c1ccc(OC)c(OC)c1. The number of sulfonamides is 1. The zero-order valence-electron chi connectivity index (χ0n) is 24.8. The van der Waals surface area contributed by atoms with Crippen molar-refractivity contribution in [1.82, 2.24) is 10.2 Å². The Hall–Kier alpha value is -3.76. The maximum absolute atomic E-state index is 14.2. The first-order valence-electron chi connectivity index (χ1n) is 13.6. The highest BCUT2D eigenvalue weighted by atomic mass is 35.5. The average molecular weight is 616 g/mol. The van der Waals surface area contributed by atoms with E-state index < -0.39 is 28.5 Å². The van der Waals surface area contributed by atoms with Crippen molar-refractivity contribution >= 4 is 39.1 Å². The van der Waals surface area contributed by atoms with Crippen LogP contribution in [-0.2, 0) is 26.2 Å². The molecule has 3 aromatic carbocycles. The lowest BCUT2D eigenvalue weighted by Gasteiger charge is -2.33. The first-order chi connectivity index (χ1) is 20.0. The Labute approximate surface area is 253 Å². The maximum Gasteiger partial charge on any atom is 0.264 e. The van der Waals surface area contributed by atoms with Crippen molar-refractivity contribution in [3.8, 4) is 11.5 Å². The Balaban J connectivity index is 2.15. The number of nitrogens with one attached hydrogen (secondary N) is 1. The zero-order valence-corrected chi connectivity index (χ0v) is 26.4. The van der Waals surface area contributed by atoms with Gasteiger partial charge in [0.2, 0.25) is 11.8 Å².